The second kappa shape index (κ2) is 19.7. The summed E-state index contributed by atoms with van der Waals surface area (Å²) in [5.41, 5.74) is 6.59. The fourth-order valence-corrected chi connectivity index (χ4v) is 4.06. The molecule has 1 aromatic rings. The lowest BCUT2D eigenvalue weighted by molar-refractivity contribution is -0.159. The van der Waals surface area contributed by atoms with Crippen molar-refractivity contribution in [3.63, 3.8) is 0 Å². The molecule has 0 aliphatic carbocycles. The summed E-state index contributed by atoms with van der Waals surface area (Å²) in [5, 5.41) is 2.72. The number of amides is 1. The Morgan fingerprint density at radius 2 is 1.49 bits per heavy atom. The molecule has 0 spiro atoms. The van der Waals surface area contributed by atoms with E-state index in [0.29, 0.717) is 12.8 Å². The molecular weight excluding hydrogens is 468 g/mol. The topological polar surface area (TPSA) is 108 Å². The maximum Gasteiger partial charge on any atom is 0.329 e. The van der Waals surface area contributed by atoms with Gasteiger partial charge in [-0.2, -0.15) is 0 Å². The maximum atomic E-state index is 13.1. The number of ether oxygens (including phenoxy) is 2. The Hall–Kier alpha value is -2.41. The minimum absolute atomic E-state index is 0.00987. The summed E-state index contributed by atoms with van der Waals surface area (Å²) in [7, 11) is 0. The average molecular weight is 519 g/mol. The van der Waals surface area contributed by atoms with Crippen molar-refractivity contribution in [1.82, 2.24) is 5.32 Å². The summed E-state index contributed by atoms with van der Waals surface area (Å²) in [6, 6.07) is 7.94. The second-order valence-corrected chi connectivity index (χ2v) is 10.2. The van der Waals surface area contributed by atoms with Gasteiger partial charge < -0.3 is 20.5 Å². The van der Waals surface area contributed by atoms with Gasteiger partial charge in [0.15, 0.2) is 0 Å². The van der Waals surface area contributed by atoms with Gasteiger partial charge in [0.25, 0.3) is 0 Å². The van der Waals surface area contributed by atoms with Gasteiger partial charge in [0.2, 0.25) is 5.91 Å². The van der Waals surface area contributed by atoms with E-state index >= 15 is 0 Å². The Morgan fingerprint density at radius 1 is 0.892 bits per heavy atom. The number of rotatable bonds is 20. The first kappa shape index (κ1) is 32.6. The summed E-state index contributed by atoms with van der Waals surface area (Å²) < 4.78 is 11.3. The number of carbonyl (C=O) groups excluding carboxylic acids is 3. The zero-order chi connectivity index (χ0) is 27.5. The zero-order valence-corrected chi connectivity index (χ0v) is 23.5. The van der Waals surface area contributed by atoms with Crippen LogP contribution in [0.25, 0.3) is 0 Å². The average Bonchev–Trinajstić information content (AvgIpc) is 2.89. The molecule has 1 aromatic carbocycles. The number of hydrogen-bond acceptors (Lipinski definition) is 6. The van der Waals surface area contributed by atoms with Gasteiger partial charge in [0.1, 0.15) is 18.8 Å². The lowest BCUT2D eigenvalue weighted by Gasteiger charge is -2.26. The van der Waals surface area contributed by atoms with Crippen LogP contribution in [0.1, 0.15) is 110 Å². The highest BCUT2D eigenvalue weighted by Gasteiger charge is 2.31. The molecule has 0 saturated heterocycles. The predicted octanol–water partition coefficient (Wildman–Crippen LogP) is 5.83. The van der Waals surface area contributed by atoms with Gasteiger partial charge >= 0.3 is 11.9 Å². The second-order valence-electron chi connectivity index (χ2n) is 10.2. The monoisotopic (exact) mass is 518 g/mol. The zero-order valence-electron chi connectivity index (χ0n) is 23.5. The Labute approximate surface area is 224 Å². The molecule has 7 nitrogen and oxygen atoms in total. The van der Waals surface area contributed by atoms with Crippen molar-refractivity contribution in [1.29, 1.82) is 0 Å². The van der Waals surface area contributed by atoms with Crippen LogP contribution in [0.3, 0.4) is 0 Å². The van der Waals surface area contributed by atoms with Crippen molar-refractivity contribution in [2.24, 2.45) is 11.7 Å². The molecule has 0 fully saturated rings. The van der Waals surface area contributed by atoms with Crippen molar-refractivity contribution in [3.05, 3.63) is 35.9 Å². The van der Waals surface area contributed by atoms with E-state index in [1.165, 1.54) is 38.5 Å². The number of esters is 2. The molecule has 4 atom stereocenters. The Bertz CT molecular complexity index is 768. The standard InChI is InChI=1S/C30H50N2O5/c1-5-7-8-9-10-11-12-13-17-20-26(21-27(33)36-22-25-18-15-14-16-19-25)37-30(35)28(23(3)6-2)32-29(34)24(4)31/h14-16,18-19,23-24,26,28H,5-13,17,20-22,31H2,1-4H3,(H,32,34)/t23-,24+,26?,28-/m0/s1. The number of benzene rings is 1. The SMILES string of the molecule is CCCCCCCCCCCC(CC(=O)OCc1ccccc1)OC(=O)[C@@H](NC(=O)[C@@H](C)N)[C@@H](C)CC. The first-order valence-electron chi connectivity index (χ1n) is 14.2. The van der Waals surface area contributed by atoms with E-state index in [1.807, 2.05) is 44.2 Å². The quantitative estimate of drug-likeness (QED) is 0.166. The van der Waals surface area contributed by atoms with Crippen molar-refractivity contribution < 1.29 is 23.9 Å². The molecule has 1 amide bonds. The van der Waals surface area contributed by atoms with Crippen LogP contribution in [-0.2, 0) is 30.5 Å². The van der Waals surface area contributed by atoms with Crippen LogP contribution in [0.4, 0.5) is 0 Å². The summed E-state index contributed by atoms with van der Waals surface area (Å²) in [6.45, 7) is 7.81. The molecule has 1 rings (SSSR count). The maximum absolute atomic E-state index is 13.1. The molecule has 37 heavy (non-hydrogen) atoms. The van der Waals surface area contributed by atoms with Crippen LogP contribution in [0, 0.1) is 5.92 Å². The summed E-state index contributed by atoms with van der Waals surface area (Å²) in [5.74, 6) is -1.47. The van der Waals surface area contributed by atoms with Crippen molar-refractivity contribution >= 4 is 17.8 Å². The van der Waals surface area contributed by atoms with Gasteiger partial charge in [0.05, 0.1) is 12.5 Å². The molecule has 0 aliphatic rings. The number of nitrogens with one attached hydrogen (secondary N) is 1. The van der Waals surface area contributed by atoms with Crippen LogP contribution in [0.2, 0.25) is 0 Å². The molecule has 210 valence electrons. The number of hydrogen-bond donors (Lipinski definition) is 2. The van der Waals surface area contributed by atoms with Gasteiger partial charge in [-0.15, -0.1) is 0 Å². The van der Waals surface area contributed by atoms with Crippen LogP contribution in [-0.4, -0.2) is 36.0 Å². The van der Waals surface area contributed by atoms with Gasteiger partial charge in [-0.1, -0.05) is 109 Å². The van der Waals surface area contributed by atoms with Gasteiger partial charge in [0, 0.05) is 0 Å². The fraction of sp³-hybridized carbons (Fsp3) is 0.700. The molecule has 1 unspecified atom stereocenters. The highest BCUT2D eigenvalue weighted by molar-refractivity contribution is 5.87. The minimum atomic E-state index is -0.811. The Kier molecular flexibility index (Phi) is 17.3. The van der Waals surface area contributed by atoms with Crippen molar-refractivity contribution in [2.45, 2.75) is 130 Å². The first-order chi connectivity index (χ1) is 17.8. The van der Waals surface area contributed by atoms with E-state index in [4.69, 9.17) is 15.2 Å². The van der Waals surface area contributed by atoms with Gasteiger partial charge in [-0.25, -0.2) is 4.79 Å². The largest absolute Gasteiger partial charge is 0.461 e. The van der Waals surface area contributed by atoms with E-state index in [-0.39, 0.29) is 18.9 Å². The predicted molar refractivity (Wildman–Crippen MR) is 148 cm³/mol. The van der Waals surface area contributed by atoms with E-state index in [9.17, 15) is 14.4 Å². The fourth-order valence-electron chi connectivity index (χ4n) is 4.06. The smallest absolute Gasteiger partial charge is 0.329 e. The Morgan fingerprint density at radius 3 is 2.05 bits per heavy atom. The van der Waals surface area contributed by atoms with E-state index in [2.05, 4.69) is 12.2 Å². The van der Waals surface area contributed by atoms with Crippen molar-refractivity contribution in [3.8, 4) is 0 Å². The van der Waals surface area contributed by atoms with Crippen molar-refractivity contribution in [2.75, 3.05) is 0 Å². The molecule has 0 bridgehead atoms. The molecule has 7 heteroatoms. The first-order valence-corrected chi connectivity index (χ1v) is 14.2. The van der Waals surface area contributed by atoms with Crippen LogP contribution in [0.15, 0.2) is 30.3 Å². The highest BCUT2D eigenvalue weighted by Crippen LogP contribution is 2.18. The molecule has 0 radical (unpaired) electrons. The lowest BCUT2D eigenvalue weighted by atomic mass is 9.98. The number of unbranched alkanes of at least 4 members (excludes halogenated alkanes) is 8. The third kappa shape index (κ3) is 14.8. The molecule has 0 aliphatic heterocycles. The number of nitrogens with two attached hydrogens (primary N) is 1. The molecule has 0 heterocycles. The number of carbonyl (C=O) groups is 3. The molecule has 0 aromatic heterocycles. The summed E-state index contributed by atoms with van der Waals surface area (Å²) in [6.07, 6.45) is 11.3. The van der Waals surface area contributed by atoms with Crippen LogP contribution in [0.5, 0.6) is 0 Å². The van der Waals surface area contributed by atoms with Gasteiger partial charge in [-0.05, 0) is 31.2 Å². The van der Waals surface area contributed by atoms with E-state index in [1.54, 1.807) is 6.92 Å². The molecule has 3 N–H and O–H groups in total. The molecule has 0 saturated carbocycles. The van der Waals surface area contributed by atoms with Gasteiger partial charge in [-0.3, -0.25) is 9.59 Å². The van der Waals surface area contributed by atoms with Crippen LogP contribution < -0.4 is 11.1 Å². The minimum Gasteiger partial charge on any atom is -0.461 e. The normalized spacial score (nSPS) is 14.3. The Balaban J connectivity index is 2.69. The van der Waals surface area contributed by atoms with Crippen LogP contribution >= 0.6 is 0 Å². The summed E-state index contributed by atoms with van der Waals surface area (Å²) >= 11 is 0. The van der Waals surface area contributed by atoms with E-state index < -0.39 is 36.0 Å². The third-order valence-corrected chi connectivity index (χ3v) is 6.73. The third-order valence-electron chi connectivity index (χ3n) is 6.73. The highest BCUT2D eigenvalue weighted by atomic mass is 16.6. The lowest BCUT2D eigenvalue weighted by Crippen LogP contribution is -2.51. The summed E-state index contributed by atoms with van der Waals surface area (Å²) in [4.78, 5) is 37.9. The van der Waals surface area contributed by atoms with E-state index in [0.717, 1.165) is 24.8 Å². The molecular formula is C30H50N2O5.